The van der Waals surface area contributed by atoms with Gasteiger partial charge in [0.05, 0.1) is 29.0 Å². The van der Waals surface area contributed by atoms with Crippen molar-refractivity contribution >= 4 is 39.1 Å². The number of halogens is 2. The minimum absolute atomic E-state index is 0.0393. The summed E-state index contributed by atoms with van der Waals surface area (Å²) in [5.41, 5.74) is 1.92. The van der Waals surface area contributed by atoms with Crippen LogP contribution in [-0.2, 0) is 11.8 Å². The predicted molar refractivity (Wildman–Crippen MR) is 176 cm³/mol. The van der Waals surface area contributed by atoms with E-state index in [2.05, 4.69) is 15.3 Å². The quantitative estimate of drug-likeness (QED) is 0.198. The van der Waals surface area contributed by atoms with Gasteiger partial charge in [0.15, 0.2) is 11.6 Å². The van der Waals surface area contributed by atoms with Crippen molar-refractivity contribution in [3.05, 3.63) is 119 Å². The summed E-state index contributed by atoms with van der Waals surface area (Å²) in [6.45, 7) is 2.19. The van der Waals surface area contributed by atoms with Gasteiger partial charge in [-0.15, -0.1) is 11.3 Å². The summed E-state index contributed by atoms with van der Waals surface area (Å²) in [5, 5.41) is 3.04. The number of anilines is 2. The van der Waals surface area contributed by atoms with Gasteiger partial charge in [0, 0.05) is 66.4 Å². The van der Waals surface area contributed by atoms with Crippen molar-refractivity contribution in [1.82, 2.24) is 19.4 Å². The largest absolute Gasteiger partial charge is 0.453 e. The predicted octanol–water partition coefficient (Wildman–Crippen LogP) is 7.01. The summed E-state index contributed by atoms with van der Waals surface area (Å²) < 4.78 is 44.0. The molecular weight excluding hydrogens is 624 g/mol. The van der Waals surface area contributed by atoms with Crippen LogP contribution in [0.3, 0.4) is 0 Å². The maximum atomic E-state index is 15.4. The topological polar surface area (TPSA) is 98.6 Å². The van der Waals surface area contributed by atoms with E-state index in [1.807, 2.05) is 48.5 Å². The number of carbonyl (C=O) groups excluding carboxylic acids is 1. The second kappa shape index (κ2) is 12.7. The first-order valence-electron chi connectivity index (χ1n) is 14.8. The molecule has 1 aliphatic rings. The van der Waals surface area contributed by atoms with Gasteiger partial charge in [-0.1, -0.05) is 30.3 Å². The third-order valence-corrected chi connectivity index (χ3v) is 9.01. The van der Waals surface area contributed by atoms with E-state index in [1.54, 1.807) is 23.1 Å². The number of aromatic nitrogens is 3. The fourth-order valence-electron chi connectivity index (χ4n) is 5.29. The molecule has 6 aromatic rings. The molecule has 47 heavy (non-hydrogen) atoms. The minimum atomic E-state index is -0.850. The smallest absolute Gasteiger partial charge is 0.262 e. The van der Waals surface area contributed by atoms with Crippen molar-refractivity contribution in [2.45, 2.75) is 0 Å². The fourth-order valence-corrected chi connectivity index (χ4v) is 6.36. The van der Waals surface area contributed by atoms with Gasteiger partial charge in [-0.3, -0.25) is 19.1 Å². The Morgan fingerprint density at radius 2 is 1.68 bits per heavy atom. The number of fused-ring (bicyclic) bond motifs is 1. The van der Waals surface area contributed by atoms with Crippen LogP contribution >= 0.6 is 11.3 Å². The highest BCUT2D eigenvalue weighted by molar-refractivity contribution is 7.22. The highest BCUT2D eigenvalue weighted by atomic mass is 32.1. The van der Waals surface area contributed by atoms with Crippen LogP contribution in [0.4, 0.5) is 20.4 Å². The SMILES string of the molecule is Cn1c(Nc2ccccc2)ncc(-c2cc(F)c(Oc3ccnc4cc(-c5ccc(C(=O)N6CCOCC6)cc5)sc34)cc2F)c1=O. The number of amides is 1. The van der Waals surface area contributed by atoms with Gasteiger partial charge in [0.2, 0.25) is 5.95 Å². The number of rotatable bonds is 7. The van der Waals surface area contributed by atoms with Crippen LogP contribution in [0, 0.1) is 11.6 Å². The fraction of sp³-hybridized carbons (Fsp3) is 0.143. The number of pyridine rings is 1. The molecular formula is C35H27F2N5O4S. The van der Waals surface area contributed by atoms with E-state index in [-0.39, 0.29) is 28.7 Å². The molecule has 0 unspecified atom stereocenters. The molecule has 1 N–H and O–H groups in total. The molecule has 0 spiro atoms. The maximum Gasteiger partial charge on any atom is 0.262 e. The minimum Gasteiger partial charge on any atom is -0.453 e. The number of carbonyl (C=O) groups is 1. The van der Waals surface area contributed by atoms with Gasteiger partial charge >= 0.3 is 0 Å². The molecule has 0 saturated carbocycles. The van der Waals surface area contributed by atoms with Crippen LogP contribution in [-0.4, -0.2) is 51.6 Å². The Balaban J connectivity index is 1.13. The van der Waals surface area contributed by atoms with E-state index < -0.39 is 17.2 Å². The highest BCUT2D eigenvalue weighted by Gasteiger charge is 2.21. The molecule has 0 radical (unpaired) electrons. The Kier molecular flexibility index (Phi) is 8.19. The molecule has 1 amide bonds. The number of benzene rings is 3. The molecule has 236 valence electrons. The van der Waals surface area contributed by atoms with Crippen molar-refractivity contribution in [3.63, 3.8) is 0 Å². The van der Waals surface area contributed by atoms with Gasteiger partial charge in [-0.05, 0) is 42.0 Å². The summed E-state index contributed by atoms with van der Waals surface area (Å²) in [7, 11) is 1.50. The Bertz CT molecular complexity index is 2160. The number of morpholine rings is 1. The first kappa shape index (κ1) is 30.2. The van der Waals surface area contributed by atoms with Crippen LogP contribution in [0.1, 0.15) is 10.4 Å². The molecule has 12 heteroatoms. The summed E-state index contributed by atoms with van der Waals surface area (Å²) in [6, 6.07) is 21.8. The molecule has 1 aliphatic heterocycles. The lowest BCUT2D eigenvalue weighted by Crippen LogP contribution is -2.40. The number of hydrogen-bond donors (Lipinski definition) is 1. The van der Waals surface area contributed by atoms with E-state index in [0.29, 0.717) is 47.8 Å². The number of thiophene rings is 1. The zero-order chi connectivity index (χ0) is 32.5. The summed E-state index contributed by atoms with van der Waals surface area (Å²) >= 11 is 1.38. The Labute approximate surface area is 271 Å². The molecule has 0 bridgehead atoms. The summed E-state index contributed by atoms with van der Waals surface area (Å²) in [4.78, 5) is 37.3. The van der Waals surface area contributed by atoms with Crippen molar-refractivity contribution in [2.24, 2.45) is 7.05 Å². The lowest BCUT2D eigenvalue weighted by atomic mass is 10.1. The number of nitrogens with one attached hydrogen (secondary N) is 1. The molecule has 4 heterocycles. The molecule has 1 saturated heterocycles. The van der Waals surface area contributed by atoms with Gasteiger partial charge < -0.3 is 19.7 Å². The van der Waals surface area contributed by atoms with E-state index >= 15 is 8.78 Å². The van der Waals surface area contributed by atoms with Crippen molar-refractivity contribution in [2.75, 3.05) is 31.6 Å². The van der Waals surface area contributed by atoms with Crippen LogP contribution < -0.4 is 15.6 Å². The van der Waals surface area contributed by atoms with Crippen molar-refractivity contribution in [3.8, 4) is 33.1 Å². The summed E-state index contributed by atoms with van der Waals surface area (Å²) in [6.07, 6.45) is 2.75. The standard InChI is InChI=1S/C35H27F2N5O4S/c1-41-34(44)25(20-39-35(41)40-23-5-3-2-4-6-23)24-17-27(37)30(18-26(24)36)46-29-11-12-38-28-19-31(47-32(28)29)21-7-9-22(10-8-21)33(43)42-13-15-45-16-14-42/h2-12,17-20H,13-16H2,1H3,(H,39,40). The average molecular weight is 652 g/mol. The van der Waals surface area contributed by atoms with Crippen molar-refractivity contribution < 1.29 is 23.0 Å². The summed E-state index contributed by atoms with van der Waals surface area (Å²) in [5.74, 6) is -1.52. The Morgan fingerprint density at radius 3 is 2.45 bits per heavy atom. The molecule has 0 aliphatic carbocycles. The number of ether oxygens (including phenoxy) is 2. The zero-order valence-corrected chi connectivity index (χ0v) is 25.9. The number of nitrogens with zero attached hydrogens (tertiary/aromatic N) is 4. The van der Waals surface area contributed by atoms with E-state index in [4.69, 9.17) is 9.47 Å². The van der Waals surface area contributed by atoms with E-state index in [9.17, 15) is 9.59 Å². The van der Waals surface area contributed by atoms with Crippen molar-refractivity contribution in [1.29, 1.82) is 0 Å². The van der Waals surface area contributed by atoms with E-state index in [1.165, 1.54) is 35.3 Å². The van der Waals surface area contributed by atoms with Gasteiger partial charge in [0.25, 0.3) is 11.5 Å². The molecule has 3 aromatic heterocycles. The lowest BCUT2D eigenvalue weighted by molar-refractivity contribution is 0.0303. The second-order valence-electron chi connectivity index (χ2n) is 10.8. The first-order chi connectivity index (χ1) is 22.9. The Morgan fingerprint density at radius 1 is 0.915 bits per heavy atom. The zero-order valence-electron chi connectivity index (χ0n) is 25.1. The average Bonchev–Trinajstić information content (AvgIpc) is 3.55. The normalized spacial score (nSPS) is 13.1. The molecule has 1 fully saturated rings. The molecule has 9 nitrogen and oxygen atoms in total. The van der Waals surface area contributed by atoms with Gasteiger partial charge in [0.1, 0.15) is 11.6 Å². The molecule has 7 rings (SSSR count). The number of para-hydroxylation sites is 1. The monoisotopic (exact) mass is 651 g/mol. The molecule has 0 atom stereocenters. The van der Waals surface area contributed by atoms with Gasteiger partial charge in [-0.25, -0.2) is 13.8 Å². The Hall–Kier alpha value is -5.46. The van der Waals surface area contributed by atoms with Crippen LogP contribution in [0.5, 0.6) is 11.5 Å². The van der Waals surface area contributed by atoms with E-state index in [0.717, 1.165) is 28.3 Å². The van der Waals surface area contributed by atoms with Crippen LogP contribution in [0.25, 0.3) is 31.8 Å². The van der Waals surface area contributed by atoms with Crippen LogP contribution in [0.2, 0.25) is 0 Å². The van der Waals surface area contributed by atoms with Crippen LogP contribution in [0.15, 0.2) is 96.1 Å². The highest BCUT2D eigenvalue weighted by Crippen LogP contribution is 2.40. The second-order valence-corrected chi connectivity index (χ2v) is 11.9. The first-order valence-corrected chi connectivity index (χ1v) is 15.6. The molecule has 3 aromatic carbocycles. The lowest BCUT2D eigenvalue weighted by Gasteiger charge is -2.26. The maximum absolute atomic E-state index is 15.4. The third-order valence-electron chi connectivity index (χ3n) is 7.82. The number of hydrogen-bond acceptors (Lipinski definition) is 8. The van der Waals surface area contributed by atoms with Gasteiger partial charge in [-0.2, -0.15) is 0 Å². The third kappa shape index (κ3) is 6.08.